The van der Waals surface area contributed by atoms with Crippen molar-refractivity contribution in [2.75, 3.05) is 27.7 Å². The third-order valence-corrected chi connectivity index (χ3v) is 8.73. The van der Waals surface area contributed by atoms with Gasteiger partial charge in [0.25, 0.3) is 11.8 Å². The van der Waals surface area contributed by atoms with Crippen LogP contribution in [0.5, 0.6) is 0 Å². The van der Waals surface area contributed by atoms with Gasteiger partial charge in [0.2, 0.25) is 5.91 Å². The largest absolute Gasteiger partial charge is 0.349 e. The summed E-state index contributed by atoms with van der Waals surface area (Å²) in [6.45, 7) is 1.64. The molecule has 0 radical (unpaired) electrons. The van der Waals surface area contributed by atoms with Gasteiger partial charge in [0.05, 0.1) is 16.1 Å². The monoisotopic (exact) mass is 589 g/mol. The minimum atomic E-state index is -0.943. The van der Waals surface area contributed by atoms with Gasteiger partial charge in [-0.3, -0.25) is 14.4 Å². The van der Waals surface area contributed by atoms with Crippen LogP contribution in [0.3, 0.4) is 0 Å². The van der Waals surface area contributed by atoms with E-state index in [0.29, 0.717) is 33.5 Å². The lowest BCUT2D eigenvalue weighted by Crippen LogP contribution is -2.56. The smallest absolute Gasteiger partial charge is 0.280 e. The molecule has 2 aromatic heterocycles. The van der Waals surface area contributed by atoms with Crippen molar-refractivity contribution >= 4 is 70.5 Å². The number of halogens is 3. The molecule has 1 saturated carbocycles. The van der Waals surface area contributed by atoms with Crippen molar-refractivity contribution in [3.05, 3.63) is 42.8 Å². The molecule has 2 N–H and O–H groups in total. The molecule has 3 heterocycles. The molecular formula is C24H30Cl2FN5O3S2. The minimum Gasteiger partial charge on any atom is -0.349 e. The normalized spacial score (nSPS) is 22.0. The molecule has 1 fully saturated rings. The van der Waals surface area contributed by atoms with Crippen molar-refractivity contribution in [3.8, 4) is 0 Å². The Balaban J connectivity index is 0.00000380. The van der Waals surface area contributed by atoms with Crippen molar-refractivity contribution in [1.82, 2.24) is 25.4 Å². The maximum Gasteiger partial charge on any atom is 0.280 e. The number of amides is 3. The first-order valence-electron chi connectivity index (χ1n) is 11.7. The number of rotatable bonds is 6. The zero-order valence-corrected chi connectivity index (χ0v) is 24.0. The third-order valence-electron chi connectivity index (χ3n) is 6.47. The Morgan fingerprint density at radius 1 is 1.19 bits per heavy atom. The molecule has 8 nitrogen and oxygen atoms in total. The summed E-state index contributed by atoms with van der Waals surface area (Å²) >= 11 is 8.42. The number of hydrogen-bond donors (Lipinski definition) is 2. The van der Waals surface area contributed by atoms with Crippen LogP contribution in [0.2, 0.25) is 4.34 Å². The predicted molar refractivity (Wildman–Crippen MR) is 147 cm³/mol. The van der Waals surface area contributed by atoms with Gasteiger partial charge in [-0.1, -0.05) is 11.6 Å². The van der Waals surface area contributed by atoms with Crippen LogP contribution in [0.4, 0.5) is 4.39 Å². The average molecular weight is 591 g/mol. The minimum absolute atomic E-state index is 0. The number of carbonyl (C=O) groups excluding carboxylic acids is 3. The predicted octanol–water partition coefficient (Wildman–Crippen LogP) is 3.75. The lowest BCUT2D eigenvalue weighted by Gasteiger charge is -2.37. The number of aromatic nitrogens is 1. The van der Waals surface area contributed by atoms with Crippen LogP contribution in [0.1, 0.15) is 44.5 Å². The van der Waals surface area contributed by atoms with E-state index in [1.807, 2.05) is 7.05 Å². The molecule has 0 spiro atoms. The number of thiazole rings is 1. The van der Waals surface area contributed by atoms with E-state index in [0.717, 1.165) is 47.5 Å². The Morgan fingerprint density at radius 3 is 2.62 bits per heavy atom. The molecule has 0 aromatic carbocycles. The maximum absolute atomic E-state index is 14.6. The zero-order valence-electron chi connectivity index (χ0n) is 20.8. The first-order valence-corrected chi connectivity index (χ1v) is 13.7. The number of thiophene rings is 1. The van der Waals surface area contributed by atoms with Gasteiger partial charge in [-0.2, -0.15) is 0 Å². The maximum atomic E-state index is 14.6. The molecule has 1 aliphatic carbocycles. The Bertz CT molecular complexity index is 1190. The van der Waals surface area contributed by atoms with E-state index in [4.69, 9.17) is 11.6 Å². The molecule has 0 saturated heterocycles. The van der Waals surface area contributed by atoms with Crippen LogP contribution in [0.25, 0.3) is 6.08 Å². The van der Waals surface area contributed by atoms with Crippen molar-refractivity contribution in [1.29, 1.82) is 0 Å². The number of fused-ring (bicyclic) bond motifs is 1. The molecule has 3 amide bonds. The standard InChI is InChI=1S/C24H29ClFN5O3S2.ClH/c1-30(2)24(34)13-4-6-16(27-21(32)15(26)11-14-5-7-20(25)35-14)18(10-13)28-22(33)23-29-17-8-9-31(3)12-19(17)36-23;/h5,7,11,13,16,18H,4,6,8-10,12H2,1-3H3,(H,27,32)(H,28,33);1H/t13-,16-,18+;/m0./s1. The fourth-order valence-corrected chi connectivity index (χ4v) is 6.66. The Kier molecular flexibility index (Phi) is 10.1. The van der Waals surface area contributed by atoms with Crippen LogP contribution in [0, 0.1) is 5.92 Å². The number of carbonyl (C=O) groups is 3. The molecule has 37 heavy (non-hydrogen) atoms. The third kappa shape index (κ3) is 7.29. The molecule has 0 bridgehead atoms. The summed E-state index contributed by atoms with van der Waals surface area (Å²) in [4.78, 5) is 48.3. The molecule has 3 atom stereocenters. The summed E-state index contributed by atoms with van der Waals surface area (Å²) in [5, 5.41) is 6.06. The van der Waals surface area contributed by atoms with Gasteiger partial charge in [0.1, 0.15) is 0 Å². The molecular weight excluding hydrogens is 560 g/mol. The molecule has 13 heteroatoms. The second-order valence-electron chi connectivity index (χ2n) is 9.41. The second-order valence-corrected chi connectivity index (χ2v) is 12.2. The van der Waals surface area contributed by atoms with Crippen molar-refractivity contribution < 1.29 is 18.8 Å². The van der Waals surface area contributed by atoms with Gasteiger partial charge in [-0.25, -0.2) is 9.37 Å². The Morgan fingerprint density at radius 2 is 1.95 bits per heavy atom. The number of nitrogens with one attached hydrogen (secondary N) is 2. The summed E-state index contributed by atoms with van der Waals surface area (Å²) in [6, 6.07) is 2.19. The molecule has 202 valence electrons. The quantitative estimate of drug-likeness (QED) is 0.500. The van der Waals surface area contributed by atoms with Crippen LogP contribution in [-0.4, -0.2) is 72.3 Å². The first kappa shape index (κ1) is 29.5. The van der Waals surface area contributed by atoms with Gasteiger partial charge in [0.15, 0.2) is 10.8 Å². The topological polar surface area (TPSA) is 94.6 Å². The SMILES string of the molecule is CN1CCc2nc(C(=O)N[C@@H]3C[C@@H](C(=O)N(C)C)CC[C@@H]3NC(=O)C(F)=Cc3ccc(Cl)s3)sc2C1.Cl. The fourth-order valence-electron chi connectivity index (χ4n) is 4.58. The van der Waals surface area contributed by atoms with Crippen molar-refractivity contribution in [2.45, 2.75) is 44.3 Å². The van der Waals surface area contributed by atoms with Crippen LogP contribution < -0.4 is 10.6 Å². The van der Waals surface area contributed by atoms with Crippen LogP contribution in [0.15, 0.2) is 18.0 Å². The summed E-state index contributed by atoms with van der Waals surface area (Å²) in [6.07, 6.45) is 3.22. The van der Waals surface area contributed by atoms with Gasteiger partial charge < -0.3 is 20.4 Å². The lowest BCUT2D eigenvalue weighted by atomic mass is 9.81. The van der Waals surface area contributed by atoms with Crippen molar-refractivity contribution in [2.24, 2.45) is 5.92 Å². The van der Waals surface area contributed by atoms with E-state index < -0.39 is 23.8 Å². The number of nitrogens with zero attached hydrogens (tertiary/aromatic N) is 3. The fraction of sp³-hybridized carbons (Fsp3) is 0.500. The van der Waals surface area contributed by atoms with E-state index >= 15 is 0 Å². The number of likely N-dealkylation sites (N-methyl/N-ethyl adjacent to an activating group) is 1. The highest BCUT2D eigenvalue weighted by Crippen LogP contribution is 2.29. The molecule has 0 unspecified atom stereocenters. The van der Waals surface area contributed by atoms with E-state index in [1.54, 1.807) is 26.2 Å². The average Bonchev–Trinajstić information content (AvgIpc) is 3.44. The highest BCUT2D eigenvalue weighted by molar-refractivity contribution is 7.17. The summed E-state index contributed by atoms with van der Waals surface area (Å²) in [7, 11) is 5.41. The Labute approximate surface area is 234 Å². The van der Waals surface area contributed by atoms with Gasteiger partial charge in [-0.15, -0.1) is 35.1 Å². The highest BCUT2D eigenvalue weighted by atomic mass is 35.5. The highest BCUT2D eigenvalue weighted by Gasteiger charge is 2.37. The van der Waals surface area contributed by atoms with E-state index in [-0.39, 0.29) is 30.1 Å². The van der Waals surface area contributed by atoms with Gasteiger partial charge in [0, 0.05) is 55.3 Å². The summed E-state index contributed by atoms with van der Waals surface area (Å²) < 4.78 is 15.1. The van der Waals surface area contributed by atoms with Crippen LogP contribution in [-0.2, 0) is 22.6 Å². The Hall–Kier alpha value is -2.05. The van der Waals surface area contributed by atoms with E-state index in [2.05, 4.69) is 20.5 Å². The van der Waals surface area contributed by atoms with Crippen molar-refractivity contribution in [3.63, 3.8) is 0 Å². The molecule has 2 aromatic rings. The molecule has 2 aliphatic rings. The van der Waals surface area contributed by atoms with Crippen LogP contribution >= 0.6 is 46.7 Å². The van der Waals surface area contributed by atoms with Gasteiger partial charge in [-0.05, 0) is 44.5 Å². The summed E-state index contributed by atoms with van der Waals surface area (Å²) in [5.41, 5.74) is 0.943. The lowest BCUT2D eigenvalue weighted by molar-refractivity contribution is -0.134. The van der Waals surface area contributed by atoms with E-state index in [9.17, 15) is 18.8 Å². The number of hydrogen-bond acceptors (Lipinski definition) is 7. The molecule has 1 aliphatic heterocycles. The van der Waals surface area contributed by atoms with Gasteiger partial charge >= 0.3 is 0 Å². The summed E-state index contributed by atoms with van der Waals surface area (Å²) in [5.74, 6) is -2.49. The first-order chi connectivity index (χ1) is 17.1. The zero-order chi connectivity index (χ0) is 26.0. The van der Waals surface area contributed by atoms with E-state index in [1.165, 1.54) is 16.2 Å². The second kappa shape index (κ2) is 12.7. The molecule has 4 rings (SSSR count).